The van der Waals surface area contributed by atoms with Crippen LogP contribution in [0.15, 0.2) is 39.9 Å². The van der Waals surface area contributed by atoms with Crippen LogP contribution in [0.25, 0.3) is 0 Å². The number of para-hydroxylation sites is 1. The number of hydrogen-bond donors (Lipinski definition) is 1. The van der Waals surface area contributed by atoms with Crippen molar-refractivity contribution in [2.75, 3.05) is 18.0 Å². The molecule has 1 atom stereocenters. The molecule has 1 aromatic heterocycles. The average Bonchev–Trinajstić information content (AvgIpc) is 3.11. The van der Waals surface area contributed by atoms with Crippen LogP contribution in [0.1, 0.15) is 18.2 Å². The summed E-state index contributed by atoms with van der Waals surface area (Å²) in [4.78, 5) is 2.33. The van der Waals surface area contributed by atoms with E-state index >= 15 is 0 Å². The zero-order chi connectivity index (χ0) is 15.7. The lowest BCUT2D eigenvalue weighted by molar-refractivity contribution is 0.413. The van der Waals surface area contributed by atoms with Crippen molar-refractivity contribution in [2.24, 2.45) is 0 Å². The monoisotopic (exact) mass is 321 g/mol. The first-order valence-corrected chi connectivity index (χ1v) is 8.72. The molecule has 0 fully saturated rings. The summed E-state index contributed by atoms with van der Waals surface area (Å²) < 4.78 is 31.8. The van der Waals surface area contributed by atoms with Crippen molar-refractivity contribution in [3.63, 3.8) is 0 Å². The second kappa shape index (κ2) is 5.73. The van der Waals surface area contributed by atoms with Crippen molar-refractivity contribution in [1.29, 1.82) is 0 Å². The fourth-order valence-electron chi connectivity index (χ4n) is 2.78. The normalized spacial score (nSPS) is 15.8. The minimum absolute atomic E-state index is 0.0681. The maximum atomic E-state index is 12.2. The molecule has 1 aromatic carbocycles. The Morgan fingerprint density at radius 3 is 2.91 bits per heavy atom. The van der Waals surface area contributed by atoms with Crippen molar-refractivity contribution in [1.82, 2.24) is 9.88 Å². The van der Waals surface area contributed by atoms with Gasteiger partial charge in [-0.3, -0.25) is 0 Å². The Morgan fingerprint density at radius 1 is 1.41 bits per heavy atom. The minimum Gasteiger partial charge on any atom is -0.367 e. The van der Waals surface area contributed by atoms with E-state index in [0.717, 1.165) is 19.2 Å². The third-order valence-corrected chi connectivity index (χ3v) is 5.54. The molecule has 7 heteroatoms. The van der Waals surface area contributed by atoms with Crippen molar-refractivity contribution in [3.05, 3.63) is 41.8 Å². The lowest BCUT2D eigenvalue weighted by Crippen LogP contribution is -2.41. The number of hydrogen-bond acceptors (Lipinski definition) is 5. The fourth-order valence-corrected chi connectivity index (χ4v) is 3.99. The van der Waals surface area contributed by atoms with Crippen LogP contribution in [0.5, 0.6) is 0 Å². The van der Waals surface area contributed by atoms with Crippen molar-refractivity contribution in [2.45, 2.75) is 31.2 Å². The molecule has 0 spiro atoms. The van der Waals surface area contributed by atoms with E-state index in [4.69, 9.17) is 4.52 Å². The summed E-state index contributed by atoms with van der Waals surface area (Å²) in [6.45, 7) is 4.87. The Hall–Kier alpha value is -1.86. The molecule has 2 aromatic rings. The topological polar surface area (TPSA) is 75.4 Å². The Bertz CT molecular complexity index is 770. The van der Waals surface area contributed by atoms with E-state index in [9.17, 15) is 8.42 Å². The Kier molecular flexibility index (Phi) is 3.92. The molecule has 0 radical (unpaired) electrons. The molecule has 2 heterocycles. The van der Waals surface area contributed by atoms with Gasteiger partial charge in [-0.05, 0) is 31.9 Å². The second-order valence-corrected chi connectivity index (χ2v) is 7.27. The van der Waals surface area contributed by atoms with Crippen LogP contribution in [0.4, 0.5) is 5.69 Å². The summed E-state index contributed by atoms with van der Waals surface area (Å²) in [6.07, 6.45) is 2.16. The van der Waals surface area contributed by atoms with Gasteiger partial charge in [0, 0.05) is 24.8 Å². The number of nitrogens with zero attached hydrogens (tertiary/aromatic N) is 2. The molecule has 0 saturated carbocycles. The second-order valence-electron chi connectivity index (χ2n) is 5.54. The summed E-state index contributed by atoms with van der Waals surface area (Å²) in [7, 11) is -3.58. The zero-order valence-corrected chi connectivity index (χ0v) is 13.4. The standard InChI is InChI=1S/C15H19N3O3S/c1-11(18-8-7-13-5-3-4-6-14(13)18)9-16-22(19,20)15-10-21-17-12(15)2/h3-6,10-11,16H,7-9H2,1-2H3. The van der Waals surface area contributed by atoms with Gasteiger partial charge in [-0.1, -0.05) is 23.4 Å². The highest BCUT2D eigenvalue weighted by molar-refractivity contribution is 7.89. The van der Waals surface area contributed by atoms with Crippen LogP contribution in [-0.2, 0) is 16.4 Å². The highest BCUT2D eigenvalue weighted by Crippen LogP contribution is 2.29. The number of sulfonamides is 1. The number of rotatable bonds is 5. The van der Waals surface area contributed by atoms with Crippen LogP contribution in [0, 0.1) is 6.92 Å². The molecule has 1 aliphatic rings. The first-order chi connectivity index (χ1) is 10.5. The van der Waals surface area contributed by atoms with Gasteiger partial charge in [-0.25, -0.2) is 13.1 Å². The van der Waals surface area contributed by atoms with Crippen LogP contribution in [-0.4, -0.2) is 32.7 Å². The number of aryl methyl sites for hydroxylation is 1. The SMILES string of the molecule is Cc1nocc1S(=O)(=O)NCC(C)N1CCc2ccccc21. The number of fused-ring (bicyclic) bond motifs is 1. The predicted molar refractivity (Wildman–Crippen MR) is 83.4 cm³/mol. The molecular formula is C15H19N3O3S. The molecule has 1 N–H and O–H groups in total. The van der Waals surface area contributed by atoms with E-state index < -0.39 is 10.0 Å². The van der Waals surface area contributed by atoms with E-state index in [1.807, 2.05) is 19.1 Å². The first-order valence-electron chi connectivity index (χ1n) is 7.24. The summed E-state index contributed by atoms with van der Waals surface area (Å²) in [5, 5.41) is 3.61. The molecule has 118 valence electrons. The summed E-state index contributed by atoms with van der Waals surface area (Å²) >= 11 is 0. The van der Waals surface area contributed by atoms with Crippen LogP contribution >= 0.6 is 0 Å². The molecular weight excluding hydrogens is 302 g/mol. The molecule has 0 aliphatic carbocycles. The highest BCUT2D eigenvalue weighted by atomic mass is 32.2. The third-order valence-electron chi connectivity index (χ3n) is 4.02. The lowest BCUT2D eigenvalue weighted by atomic mass is 10.2. The fraction of sp³-hybridized carbons (Fsp3) is 0.400. The molecule has 1 aliphatic heterocycles. The van der Waals surface area contributed by atoms with Gasteiger partial charge in [0.2, 0.25) is 10.0 Å². The van der Waals surface area contributed by atoms with Crippen LogP contribution in [0.2, 0.25) is 0 Å². The molecule has 3 rings (SSSR count). The number of anilines is 1. The largest absolute Gasteiger partial charge is 0.367 e. The van der Waals surface area contributed by atoms with Crippen LogP contribution < -0.4 is 9.62 Å². The lowest BCUT2D eigenvalue weighted by Gasteiger charge is -2.27. The van der Waals surface area contributed by atoms with Gasteiger partial charge in [0.1, 0.15) is 16.9 Å². The molecule has 22 heavy (non-hydrogen) atoms. The van der Waals surface area contributed by atoms with Gasteiger partial charge in [0.25, 0.3) is 0 Å². The predicted octanol–water partition coefficient (Wildman–Crippen LogP) is 1.71. The Balaban J connectivity index is 1.69. The first kappa shape index (κ1) is 15.1. The number of nitrogens with one attached hydrogen (secondary N) is 1. The van der Waals surface area contributed by atoms with Gasteiger partial charge in [0.15, 0.2) is 0 Å². The van der Waals surface area contributed by atoms with Gasteiger partial charge in [-0.2, -0.15) is 0 Å². The van der Waals surface area contributed by atoms with Crippen molar-refractivity contribution in [3.8, 4) is 0 Å². The van der Waals surface area contributed by atoms with E-state index in [1.54, 1.807) is 6.92 Å². The maximum Gasteiger partial charge on any atom is 0.245 e. The van der Waals surface area contributed by atoms with Gasteiger partial charge < -0.3 is 9.42 Å². The number of aromatic nitrogens is 1. The molecule has 6 nitrogen and oxygen atoms in total. The Labute approximate surface area is 130 Å². The molecule has 0 amide bonds. The zero-order valence-electron chi connectivity index (χ0n) is 12.6. The number of benzene rings is 1. The van der Waals surface area contributed by atoms with E-state index in [-0.39, 0.29) is 10.9 Å². The van der Waals surface area contributed by atoms with E-state index in [2.05, 4.69) is 26.9 Å². The van der Waals surface area contributed by atoms with E-state index in [0.29, 0.717) is 12.2 Å². The Morgan fingerprint density at radius 2 is 2.18 bits per heavy atom. The molecule has 0 saturated heterocycles. The minimum atomic E-state index is -3.58. The van der Waals surface area contributed by atoms with Crippen molar-refractivity contribution < 1.29 is 12.9 Å². The summed E-state index contributed by atoms with van der Waals surface area (Å²) in [6, 6.07) is 8.31. The van der Waals surface area contributed by atoms with Gasteiger partial charge in [0.05, 0.1) is 0 Å². The molecule has 0 bridgehead atoms. The van der Waals surface area contributed by atoms with Gasteiger partial charge in [-0.15, -0.1) is 0 Å². The van der Waals surface area contributed by atoms with Crippen molar-refractivity contribution >= 4 is 15.7 Å². The third kappa shape index (κ3) is 2.74. The average molecular weight is 321 g/mol. The van der Waals surface area contributed by atoms with E-state index in [1.165, 1.54) is 11.3 Å². The molecule has 1 unspecified atom stereocenters. The highest BCUT2D eigenvalue weighted by Gasteiger charge is 2.25. The summed E-state index contributed by atoms with van der Waals surface area (Å²) in [5.74, 6) is 0. The summed E-state index contributed by atoms with van der Waals surface area (Å²) in [5.41, 5.74) is 2.87. The smallest absolute Gasteiger partial charge is 0.245 e. The van der Waals surface area contributed by atoms with Crippen LogP contribution in [0.3, 0.4) is 0 Å². The quantitative estimate of drug-likeness (QED) is 0.907. The van der Waals surface area contributed by atoms with Gasteiger partial charge >= 0.3 is 0 Å². The maximum absolute atomic E-state index is 12.2.